The fourth-order valence-corrected chi connectivity index (χ4v) is 3.68. The average molecular weight is 393 g/mol. The molecular weight excluding hydrogens is 368 g/mol. The summed E-state index contributed by atoms with van der Waals surface area (Å²) < 4.78 is 12.6. The SMILES string of the molecule is COc1nn(C)c2nc(C)c(CCc3nc(C4(N)CCC4)no3)c(C)c12.Cl. The molecular formula is C18H25ClN6O2. The Morgan fingerprint density at radius 1 is 1.22 bits per heavy atom. The lowest BCUT2D eigenvalue weighted by Crippen LogP contribution is -2.44. The fraction of sp³-hybridized carbons (Fsp3) is 0.556. The van der Waals surface area contributed by atoms with Crippen molar-refractivity contribution >= 4 is 23.4 Å². The number of hydrogen-bond donors (Lipinski definition) is 1. The Kier molecular flexibility index (Phi) is 5.14. The molecule has 27 heavy (non-hydrogen) atoms. The molecule has 0 radical (unpaired) electrons. The number of aryl methyl sites for hydroxylation is 4. The topological polar surface area (TPSA) is 105 Å². The van der Waals surface area contributed by atoms with Crippen molar-refractivity contribution in [1.29, 1.82) is 0 Å². The number of nitrogens with zero attached hydrogens (tertiary/aromatic N) is 5. The van der Waals surface area contributed by atoms with Gasteiger partial charge in [0.15, 0.2) is 11.5 Å². The molecule has 0 atom stereocenters. The molecule has 1 aliphatic rings. The van der Waals surface area contributed by atoms with E-state index in [0.717, 1.165) is 53.5 Å². The second kappa shape index (κ2) is 7.09. The van der Waals surface area contributed by atoms with Gasteiger partial charge in [-0.25, -0.2) is 9.67 Å². The number of hydrogen-bond acceptors (Lipinski definition) is 7. The molecule has 146 valence electrons. The first-order valence-electron chi connectivity index (χ1n) is 8.91. The molecule has 4 rings (SSSR count). The van der Waals surface area contributed by atoms with Crippen molar-refractivity contribution in [3.05, 3.63) is 28.5 Å². The molecule has 1 saturated carbocycles. The predicted molar refractivity (Wildman–Crippen MR) is 103 cm³/mol. The van der Waals surface area contributed by atoms with Crippen LogP contribution in [0.3, 0.4) is 0 Å². The summed E-state index contributed by atoms with van der Waals surface area (Å²) in [7, 11) is 3.50. The molecule has 0 aliphatic heterocycles. The first-order valence-corrected chi connectivity index (χ1v) is 8.91. The normalized spacial score (nSPS) is 15.4. The fourth-order valence-electron chi connectivity index (χ4n) is 3.68. The van der Waals surface area contributed by atoms with E-state index in [9.17, 15) is 0 Å². The third-order valence-electron chi connectivity index (χ3n) is 5.46. The van der Waals surface area contributed by atoms with Crippen molar-refractivity contribution in [2.24, 2.45) is 12.8 Å². The number of methoxy groups -OCH3 is 1. The molecule has 9 heteroatoms. The van der Waals surface area contributed by atoms with Crippen LogP contribution in [0.15, 0.2) is 4.52 Å². The molecule has 3 aromatic rings. The third-order valence-corrected chi connectivity index (χ3v) is 5.46. The number of halogens is 1. The number of nitrogens with two attached hydrogens (primary N) is 1. The maximum atomic E-state index is 6.27. The molecule has 0 amide bonds. The second-order valence-electron chi connectivity index (χ2n) is 7.15. The molecule has 1 fully saturated rings. The highest BCUT2D eigenvalue weighted by Crippen LogP contribution is 2.37. The van der Waals surface area contributed by atoms with Gasteiger partial charge in [-0.3, -0.25) is 0 Å². The zero-order valence-electron chi connectivity index (χ0n) is 16.1. The summed E-state index contributed by atoms with van der Waals surface area (Å²) in [6.45, 7) is 4.10. The summed E-state index contributed by atoms with van der Waals surface area (Å²) in [5.74, 6) is 1.85. The zero-order valence-corrected chi connectivity index (χ0v) is 16.9. The van der Waals surface area contributed by atoms with E-state index in [1.54, 1.807) is 11.8 Å². The minimum absolute atomic E-state index is 0. The Morgan fingerprint density at radius 2 is 1.96 bits per heavy atom. The summed E-state index contributed by atoms with van der Waals surface area (Å²) in [6, 6.07) is 0. The number of pyridine rings is 1. The van der Waals surface area contributed by atoms with E-state index >= 15 is 0 Å². The van der Waals surface area contributed by atoms with Gasteiger partial charge in [0.25, 0.3) is 0 Å². The molecule has 0 unspecified atom stereocenters. The Balaban J connectivity index is 0.00000210. The van der Waals surface area contributed by atoms with Gasteiger partial charge in [0, 0.05) is 19.2 Å². The van der Waals surface area contributed by atoms with E-state index in [4.69, 9.17) is 20.0 Å². The van der Waals surface area contributed by atoms with Gasteiger partial charge in [-0.05, 0) is 50.7 Å². The number of ether oxygens (including phenoxy) is 1. The van der Waals surface area contributed by atoms with Gasteiger partial charge in [-0.15, -0.1) is 17.5 Å². The molecule has 0 saturated heterocycles. The molecule has 0 spiro atoms. The molecule has 8 nitrogen and oxygen atoms in total. The van der Waals surface area contributed by atoms with E-state index < -0.39 is 5.54 Å². The van der Waals surface area contributed by atoms with Crippen LogP contribution in [0, 0.1) is 13.8 Å². The van der Waals surface area contributed by atoms with Crippen LogP contribution in [0.5, 0.6) is 5.88 Å². The highest BCUT2D eigenvalue weighted by molar-refractivity contribution is 5.86. The van der Waals surface area contributed by atoms with Crippen LogP contribution in [0.25, 0.3) is 11.0 Å². The molecule has 0 bridgehead atoms. The highest BCUT2D eigenvalue weighted by Gasteiger charge is 2.38. The Hall–Kier alpha value is -2.19. The van der Waals surface area contributed by atoms with E-state index in [0.29, 0.717) is 24.0 Å². The van der Waals surface area contributed by atoms with Crippen molar-refractivity contribution in [3.8, 4) is 5.88 Å². The van der Waals surface area contributed by atoms with Gasteiger partial charge >= 0.3 is 0 Å². The third kappa shape index (κ3) is 3.17. The summed E-state index contributed by atoms with van der Waals surface area (Å²) in [5.41, 5.74) is 9.98. The van der Waals surface area contributed by atoms with Crippen LogP contribution in [0.4, 0.5) is 0 Å². The van der Waals surface area contributed by atoms with Gasteiger partial charge in [0.1, 0.15) is 0 Å². The van der Waals surface area contributed by atoms with Crippen molar-refractivity contribution in [1.82, 2.24) is 24.9 Å². The van der Waals surface area contributed by atoms with Crippen LogP contribution in [0.1, 0.15) is 47.8 Å². The summed E-state index contributed by atoms with van der Waals surface area (Å²) in [5, 5.41) is 9.44. The Morgan fingerprint density at radius 3 is 2.59 bits per heavy atom. The average Bonchev–Trinajstić information content (AvgIpc) is 3.18. The molecule has 3 heterocycles. The second-order valence-corrected chi connectivity index (χ2v) is 7.15. The standard InChI is InChI=1S/C18H24N6O2.ClH/c1-10-12(11(2)20-15-14(10)16(25-4)22-24(15)3)6-7-13-21-17(23-26-13)18(19)8-5-9-18;/h5-9,19H2,1-4H3;1H. The van der Waals surface area contributed by atoms with Crippen LogP contribution >= 0.6 is 12.4 Å². The van der Waals surface area contributed by atoms with Crippen LogP contribution in [-0.4, -0.2) is 32.0 Å². The summed E-state index contributed by atoms with van der Waals surface area (Å²) >= 11 is 0. The van der Waals surface area contributed by atoms with Gasteiger partial charge in [-0.2, -0.15) is 4.98 Å². The number of fused-ring (bicyclic) bond motifs is 1. The van der Waals surface area contributed by atoms with Crippen molar-refractivity contribution in [2.75, 3.05) is 7.11 Å². The molecule has 0 aromatic carbocycles. The number of aromatic nitrogens is 5. The van der Waals surface area contributed by atoms with Gasteiger partial charge in [0.2, 0.25) is 11.8 Å². The monoisotopic (exact) mass is 392 g/mol. The molecule has 2 N–H and O–H groups in total. The van der Waals surface area contributed by atoms with Crippen molar-refractivity contribution < 1.29 is 9.26 Å². The van der Waals surface area contributed by atoms with Crippen molar-refractivity contribution in [3.63, 3.8) is 0 Å². The van der Waals surface area contributed by atoms with E-state index in [1.807, 2.05) is 14.0 Å². The zero-order chi connectivity index (χ0) is 18.5. The molecule has 3 aromatic heterocycles. The lowest BCUT2D eigenvalue weighted by molar-refractivity contribution is 0.229. The lowest BCUT2D eigenvalue weighted by Gasteiger charge is -2.34. The number of rotatable bonds is 5. The maximum Gasteiger partial charge on any atom is 0.242 e. The first kappa shape index (κ1) is 19.6. The van der Waals surface area contributed by atoms with E-state index in [-0.39, 0.29) is 12.4 Å². The van der Waals surface area contributed by atoms with E-state index in [1.165, 1.54) is 0 Å². The summed E-state index contributed by atoms with van der Waals surface area (Å²) in [6.07, 6.45) is 4.38. The van der Waals surface area contributed by atoms with Crippen LogP contribution in [0.2, 0.25) is 0 Å². The predicted octanol–water partition coefficient (Wildman–Crippen LogP) is 2.52. The Labute approximate surface area is 163 Å². The lowest BCUT2D eigenvalue weighted by atomic mass is 9.77. The summed E-state index contributed by atoms with van der Waals surface area (Å²) in [4.78, 5) is 9.23. The smallest absolute Gasteiger partial charge is 0.242 e. The van der Waals surface area contributed by atoms with Crippen LogP contribution in [-0.2, 0) is 25.4 Å². The van der Waals surface area contributed by atoms with Gasteiger partial charge in [-0.1, -0.05) is 5.16 Å². The van der Waals surface area contributed by atoms with E-state index in [2.05, 4.69) is 22.2 Å². The Bertz CT molecular complexity index is 976. The van der Waals surface area contributed by atoms with Crippen LogP contribution < -0.4 is 10.5 Å². The van der Waals surface area contributed by atoms with Crippen molar-refractivity contribution in [2.45, 2.75) is 51.5 Å². The quantitative estimate of drug-likeness (QED) is 0.711. The van der Waals surface area contributed by atoms with Gasteiger partial charge < -0.3 is 15.0 Å². The van der Waals surface area contributed by atoms with Gasteiger partial charge in [0.05, 0.1) is 18.0 Å². The minimum Gasteiger partial charge on any atom is -0.479 e. The minimum atomic E-state index is -0.392. The highest BCUT2D eigenvalue weighted by atomic mass is 35.5. The largest absolute Gasteiger partial charge is 0.479 e. The molecule has 1 aliphatic carbocycles. The maximum absolute atomic E-state index is 6.27. The first-order chi connectivity index (χ1) is 12.4.